The molecule has 0 bridgehead atoms. The van der Waals surface area contributed by atoms with Gasteiger partial charge in [0.05, 0.1) is 11.4 Å². The average Bonchev–Trinajstić information content (AvgIpc) is 2.91. The van der Waals surface area contributed by atoms with Crippen molar-refractivity contribution in [3.63, 3.8) is 0 Å². The molecule has 0 aromatic carbocycles. The lowest BCUT2D eigenvalue weighted by molar-refractivity contribution is 0.244. The fourth-order valence-electron chi connectivity index (χ4n) is 5.07. The van der Waals surface area contributed by atoms with Gasteiger partial charge in [0.2, 0.25) is 0 Å². The second-order valence-corrected chi connectivity index (χ2v) is 10.7. The van der Waals surface area contributed by atoms with Crippen LogP contribution in [0.5, 0.6) is 0 Å². The van der Waals surface area contributed by atoms with Crippen molar-refractivity contribution in [2.45, 2.75) is 142 Å². The first kappa shape index (κ1) is 30.5. The van der Waals surface area contributed by atoms with Crippen molar-refractivity contribution in [2.75, 3.05) is 6.54 Å². The molecule has 0 atom stereocenters. The summed E-state index contributed by atoms with van der Waals surface area (Å²) in [6.45, 7) is 5.21. The highest BCUT2D eigenvalue weighted by molar-refractivity contribution is 5.06. The molecule has 0 radical (unpaired) electrons. The molecule has 2 rings (SSSR count). The first-order chi connectivity index (χ1) is 17.9. The summed E-state index contributed by atoms with van der Waals surface area (Å²) in [4.78, 5) is 11.6. The van der Waals surface area contributed by atoms with Gasteiger partial charge in [-0.15, -0.1) is 0 Å². The van der Waals surface area contributed by atoms with Crippen LogP contribution in [0.2, 0.25) is 0 Å². The summed E-state index contributed by atoms with van der Waals surface area (Å²) in [5.41, 5.74) is 2.29. The third-order valence-corrected chi connectivity index (χ3v) is 7.30. The number of rotatable bonds is 24. The Bertz CT molecular complexity index is 662. The first-order valence-corrected chi connectivity index (χ1v) is 15.4. The zero-order chi connectivity index (χ0) is 25.4. The normalized spacial score (nSPS) is 11.4. The summed E-state index contributed by atoms with van der Waals surface area (Å²) in [5, 5.41) is 0. The summed E-state index contributed by atoms with van der Waals surface area (Å²) in [6.07, 6.45) is 30.9. The van der Waals surface area contributed by atoms with Crippen LogP contribution in [-0.2, 0) is 13.1 Å². The van der Waals surface area contributed by atoms with Crippen molar-refractivity contribution >= 4 is 0 Å². The molecule has 0 amide bonds. The number of hydrogen-bond donors (Lipinski definition) is 0. The molecule has 0 unspecified atom stereocenters. The zero-order valence-corrected chi connectivity index (χ0v) is 23.5. The standard InChI is InChI=1S/C33H55N3/c1-2-3-4-5-6-7-8-9-10-11-12-13-14-15-16-17-18-19-24-29-36(30-32-25-20-22-27-34-32)31-33-26-21-23-28-35-33/h20-23,25-28H,2-19,24,29-31H2,1H3. The van der Waals surface area contributed by atoms with E-state index in [0.29, 0.717) is 0 Å². The molecule has 3 nitrogen and oxygen atoms in total. The van der Waals surface area contributed by atoms with Crippen LogP contribution in [0.15, 0.2) is 48.8 Å². The highest BCUT2D eigenvalue weighted by atomic mass is 15.1. The monoisotopic (exact) mass is 493 g/mol. The van der Waals surface area contributed by atoms with Gasteiger partial charge in [-0.25, -0.2) is 0 Å². The van der Waals surface area contributed by atoms with Gasteiger partial charge in [-0.1, -0.05) is 135 Å². The zero-order valence-electron chi connectivity index (χ0n) is 23.5. The summed E-state index contributed by atoms with van der Waals surface area (Å²) < 4.78 is 0. The lowest BCUT2D eigenvalue weighted by atomic mass is 10.0. The van der Waals surface area contributed by atoms with E-state index in [2.05, 4.69) is 46.1 Å². The van der Waals surface area contributed by atoms with Crippen LogP contribution in [-0.4, -0.2) is 21.4 Å². The van der Waals surface area contributed by atoms with E-state index in [0.717, 1.165) is 31.0 Å². The Morgan fingerprint density at radius 2 is 0.833 bits per heavy atom. The number of nitrogens with zero attached hydrogens (tertiary/aromatic N) is 3. The van der Waals surface area contributed by atoms with E-state index >= 15 is 0 Å². The summed E-state index contributed by atoms with van der Waals surface area (Å²) in [7, 11) is 0. The lowest BCUT2D eigenvalue weighted by Crippen LogP contribution is -2.25. The molecular formula is C33H55N3. The van der Waals surface area contributed by atoms with E-state index in [4.69, 9.17) is 0 Å². The molecule has 202 valence electrons. The maximum Gasteiger partial charge on any atom is 0.0544 e. The molecule has 3 heteroatoms. The third kappa shape index (κ3) is 16.8. The number of pyridine rings is 2. The third-order valence-electron chi connectivity index (χ3n) is 7.30. The summed E-state index contributed by atoms with van der Waals surface area (Å²) in [5.74, 6) is 0. The fourth-order valence-corrected chi connectivity index (χ4v) is 5.07. The fraction of sp³-hybridized carbons (Fsp3) is 0.697. The molecule has 0 spiro atoms. The van der Waals surface area contributed by atoms with Crippen molar-refractivity contribution in [1.82, 2.24) is 14.9 Å². The van der Waals surface area contributed by atoms with E-state index in [-0.39, 0.29) is 0 Å². The van der Waals surface area contributed by atoms with Crippen molar-refractivity contribution in [3.05, 3.63) is 60.2 Å². The number of unbranched alkanes of at least 4 members (excludes halogenated alkanes) is 18. The van der Waals surface area contributed by atoms with Gasteiger partial charge in [-0.05, 0) is 37.2 Å². The molecule has 2 aromatic heterocycles. The summed E-state index contributed by atoms with van der Waals surface area (Å²) >= 11 is 0. The van der Waals surface area contributed by atoms with Crippen LogP contribution >= 0.6 is 0 Å². The molecule has 2 heterocycles. The summed E-state index contributed by atoms with van der Waals surface area (Å²) in [6, 6.07) is 12.4. The Morgan fingerprint density at radius 3 is 1.17 bits per heavy atom. The van der Waals surface area contributed by atoms with E-state index < -0.39 is 0 Å². The molecular weight excluding hydrogens is 438 g/mol. The molecule has 0 aliphatic heterocycles. The maximum atomic E-state index is 4.53. The first-order valence-electron chi connectivity index (χ1n) is 15.4. The van der Waals surface area contributed by atoms with E-state index in [1.807, 2.05) is 24.5 Å². The topological polar surface area (TPSA) is 29.0 Å². The minimum absolute atomic E-state index is 0.899. The van der Waals surface area contributed by atoms with Crippen molar-refractivity contribution in [3.8, 4) is 0 Å². The Kier molecular flexibility index (Phi) is 19.0. The van der Waals surface area contributed by atoms with Gasteiger partial charge in [-0.2, -0.15) is 0 Å². The van der Waals surface area contributed by atoms with E-state index in [1.165, 1.54) is 122 Å². The minimum Gasteiger partial charge on any atom is -0.292 e. The van der Waals surface area contributed by atoms with Gasteiger partial charge < -0.3 is 0 Å². The molecule has 2 aromatic rings. The number of aromatic nitrogens is 2. The van der Waals surface area contributed by atoms with Gasteiger partial charge in [0.1, 0.15) is 0 Å². The number of hydrogen-bond acceptors (Lipinski definition) is 3. The molecule has 0 saturated heterocycles. The second kappa shape index (κ2) is 22.5. The lowest BCUT2D eigenvalue weighted by Gasteiger charge is -2.21. The van der Waals surface area contributed by atoms with E-state index in [1.54, 1.807) is 0 Å². The van der Waals surface area contributed by atoms with Gasteiger partial charge in [0.15, 0.2) is 0 Å². The largest absolute Gasteiger partial charge is 0.292 e. The molecule has 0 aliphatic rings. The Labute approximate surface area is 223 Å². The van der Waals surface area contributed by atoms with Gasteiger partial charge in [0.25, 0.3) is 0 Å². The predicted octanol–water partition coefficient (Wildman–Crippen LogP) is 9.91. The quantitative estimate of drug-likeness (QED) is 0.136. The Balaban J connectivity index is 1.40. The van der Waals surface area contributed by atoms with Gasteiger partial charge in [-0.3, -0.25) is 14.9 Å². The van der Waals surface area contributed by atoms with Crippen molar-refractivity contribution < 1.29 is 0 Å². The van der Waals surface area contributed by atoms with Crippen LogP contribution in [0.3, 0.4) is 0 Å². The van der Waals surface area contributed by atoms with Gasteiger partial charge >= 0.3 is 0 Å². The smallest absolute Gasteiger partial charge is 0.0544 e. The Morgan fingerprint density at radius 1 is 0.472 bits per heavy atom. The van der Waals surface area contributed by atoms with Crippen LogP contribution in [0, 0.1) is 0 Å². The average molecular weight is 494 g/mol. The van der Waals surface area contributed by atoms with Crippen LogP contribution in [0.25, 0.3) is 0 Å². The molecule has 0 fully saturated rings. The second-order valence-electron chi connectivity index (χ2n) is 10.7. The predicted molar refractivity (Wildman–Crippen MR) is 156 cm³/mol. The van der Waals surface area contributed by atoms with Crippen molar-refractivity contribution in [1.29, 1.82) is 0 Å². The van der Waals surface area contributed by atoms with Crippen LogP contribution in [0.4, 0.5) is 0 Å². The molecule has 0 aliphatic carbocycles. The van der Waals surface area contributed by atoms with E-state index in [9.17, 15) is 0 Å². The van der Waals surface area contributed by atoms with Gasteiger partial charge in [0, 0.05) is 25.5 Å². The Hall–Kier alpha value is -1.74. The molecule has 0 saturated carbocycles. The minimum atomic E-state index is 0.899. The highest BCUT2D eigenvalue weighted by Crippen LogP contribution is 2.15. The van der Waals surface area contributed by atoms with Crippen LogP contribution in [0.1, 0.15) is 140 Å². The van der Waals surface area contributed by atoms with Crippen LogP contribution < -0.4 is 0 Å². The SMILES string of the molecule is CCCCCCCCCCCCCCCCCCCCCN(Cc1ccccn1)Cc1ccccn1. The highest BCUT2D eigenvalue weighted by Gasteiger charge is 2.08. The molecule has 0 N–H and O–H groups in total. The molecule has 36 heavy (non-hydrogen) atoms. The van der Waals surface area contributed by atoms with Crippen molar-refractivity contribution in [2.24, 2.45) is 0 Å². The maximum absolute atomic E-state index is 4.53.